The molecule has 2 aromatic carbocycles. The normalized spacial score (nSPS) is 10.8. The van der Waals surface area contributed by atoms with Crippen LogP contribution >= 0.6 is 31.9 Å². The van der Waals surface area contributed by atoms with E-state index >= 15 is 0 Å². The fourth-order valence-electron chi connectivity index (χ4n) is 2.77. The van der Waals surface area contributed by atoms with E-state index in [1.165, 1.54) is 0 Å². The molecular weight excluding hydrogens is 492 g/mol. The third kappa shape index (κ3) is 3.74. The van der Waals surface area contributed by atoms with Gasteiger partial charge in [0.05, 0.1) is 0 Å². The van der Waals surface area contributed by atoms with E-state index in [1.54, 1.807) is 48.5 Å². The molecule has 28 heavy (non-hydrogen) atoms. The van der Waals surface area contributed by atoms with Gasteiger partial charge in [0.15, 0.2) is 20.9 Å². The van der Waals surface area contributed by atoms with Crippen LogP contribution in [-0.2, 0) is 0 Å². The van der Waals surface area contributed by atoms with E-state index in [-0.39, 0.29) is 23.3 Å². The van der Waals surface area contributed by atoms with Gasteiger partial charge in [0, 0.05) is 22.1 Å². The summed E-state index contributed by atoms with van der Waals surface area (Å²) in [5, 5.41) is 7.23. The topological polar surface area (TPSA) is 84.5 Å². The molecule has 2 heterocycles. The minimum atomic E-state index is -0.368. The van der Waals surface area contributed by atoms with Gasteiger partial charge in [-0.3, -0.25) is 9.59 Å². The van der Waals surface area contributed by atoms with Gasteiger partial charge in [-0.25, -0.2) is 0 Å². The molecule has 0 fully saturated rings. The third-order valence-corrected chi connectivity index (χ3v) is 4.86. The van der Waals surface area contributed by atoms with Crippen LogP contribution in [0.15, 0.2) is 78.8 Å². The second kappa shape index (κ2) is 7.65. The standard InChI is InChI=1S/C20H12Br2N2O4/c21-17-9-7-15(27-17)19(25)23-13-5-1-3-11-12(13)4-2-6-14(11)24-20(26)16-8-10-18(22)28-16/h1-10H,(H,23,25)(H,24,26). The summed E-state index contributed by atoms with van der Waals surface area (Å²) >= 11 is 6.36. The van der Waals surface area contributed by atoms with Gasteiger partial charge < -0.3 is 19.5 Å². The van der Waals surface area contributed by atoms with Crippen LogP contribution in [0, 0.1) is 0 Å². The van der Waals surface area contributed by atoms with Crippen molar-refractivity contribution in [2.45, 2.75) is 0 Å². The number of rotatable bonds is 4. The number of amides is 2. The first-order chi connectivity index (χ1) is 13.5. The van der Waals surface area contributed by atoms with Crippen molar-refractivity contribution in [2.24, 2.45) is 0 Å². The predicted molar refractivity (Wildman–Crippen MR) is 113 cm³/mol. The van der Waals surface area contributed by atoms with Gasteiger partial charge in [0.1, 0.15) is 0 Å². The highest BCUT2D eigenvalue weighted by atomic mass is 79.9. The van der Waals surface area contributed by atoms with Gasteiger partial charge in [-0.2, -0.15) is 0 Å². The van der Waals surface area contributed by atoms with Crippen LogP contribution < -0.4 is 10.6 Å². The highest BCUT2D eigenvalue weighted by molar-refractivity contribution is 9.10. The lowest BCUT2D eigenvalue weighted by atomic mass is 10.1. The number of furan rings is 2. The first-order valence-corrected chi connectivity index (χ1v) is 9.75. The fourth-order valence-corrected chi connectivity index (χ4v) is 3.38. The zero-order valence-electron chi connectivity index (χ0n) is 14.2. The minimum Gasteiger partial charge on any atom is -0.444 e. The number of fused-ring (bicyclic) bond motifs is 1. The van der Waals surface area contributed by atoms with Crippen molar-refractivity contribution < 1.29 is 18.4 Å². The molecule has 2 N–H and O–H groups in total. The lowest BCUT2D eigenvalue weighted by molar-refractivity contribution is 0.0988. The lowest BCUT2D eigenvalue weighted by Gasteiger charge is -2.11. The molecule has 0 aliphatic rings. The number of anilines is 2. The SMILES string of the molecule is O=C(Nc1cccc2c(NC(=O)c3ccc(Br)o3)cccc12)c1ccc(Br)o1. The van der Waals surface area contributed by atoms with Crippen molar-refractivity contribution in [3.8, 4) is 0 Å². The number of benzene rings is 2. The van der Waals surface area contributed by atoms with Crippen molar-refractivity contribution in [3.05, 3.63) is 81.5 Å². The maximum Gasteiger partial charge on any atom is 0.291 e. The van der Waals surface area contributed by atoms with E-state index in [9.17, 15) is 9.59 Å². The van der Waals surface area contributed by atoms with Crippen LogP contribution in [0.5, 0.6) is 0 Å². The zero-order valence-corrected chi connectivity index (χ0v) is 17.3. The Kier molecular flexibility index (Phi) is 5.06. The van der Waals surface area contributed by atoms with Crippen molar-refractivity contribution in [2.75, 3.05) is 10.6 Å². The highest BCUT2D eigenvalue weighted by Gasteiger charge is 2.15. The van der Waals surface area contributed by atoms with Crippen LogP contribution in [0.3, 0.4) is 0 Å². The Balaban J connectivity index is 1.64. The van der Waals surface area contributed by atoms with Gasteiger partial charge in [-0.15, -0.1) is 0 Å². The summed E-state index contributed by atoms with van der Waals surface area (Å²) in [6.07, 6.45) is 0. The monoisotopic (exact) mass is 502 g/mol. The fraction of sp³-hybridized carbons (Fsp3) is 0. The Labute approximate surface area is 176 Å². The van der Waals surface area contributed by atoms with Gasteiger partial charge in [-0.1, -0.05) is 24.3 Å². The van der Waals surface area contributed by atoms with Crippen LogP contribution in [-0.4, -0.2) is 11.8 Å². The van der Waals surface area contributed by atoms with E-state index in [2.05, 4.69) is 42.5 Å². The highest BCUT2D eigenvalue weighted by Crippen LogP contribution is 2.30. The third-order valence-electron chi connectivity index (χ3n) is 4.01. The summed E-state index contributed by atoms with van der Waals surface area (Å²) in [4.78, 5) is 24.8. The summed E-state index contributed by atoms with van der Waals surface area (Å²) in [7, 11) is 0. The summed E-state index contributed by atoms with van der Waals surface area (Å²) < 4.78 is 11.5. The molecule has 8 heteroatoms. The van der Waals surface area contributed by atoms with Crippen LogP contribution in [0.1, 0.15) is 21.1 Å². The quantitative estimate of drug-likeness (QED) is 0.354. The number of carbonyl (C=O) groups excluding carboxylic acids is 2. The minimum absolute atomic E-state index is 0.191. The Morgan fingerprint density at radius 1 is 0.643 bits per heavy atom. The van der Waals surface area contributed by atoms with Crippen LogP contribution in [0.25, 0.3) is 10.8 Å². The molecule has 0 saturated heterocycles. The number of hydrogen-bond acceptors (Lipinski definition) is 4. The molecule has 0 saturated carbocycles. The zero-order chi connectivity index (χ0) is 19.7. The first kappa shape index (κ1) is 18.5. The molecule has 0 bridgehead atoms. The Hall–Kier alpha value is -2.84. The summed E-state index contributed by atoms with van der Waals surface area (Å²) in [6, 6.07) is 17.4. The maximum atomic E-state index is 12.4. The molecule has 0 atom stereocenters. The number of nitrogens with one attached hydrogen (secondary N) is 2. The Morgan fingerprint density at radius 3 is 1.43 bits per heavy atom. The molecule has 0 aliphatic heterocycles. The summed E-state index contributed by atoms with van der Waals surface area (Å²) in [5.74, 6) is -0.352. The average Bonchev–Trinajstić information content (AvgIpc) is 3.31. The smallest absolute Gasteiger partial charge is 0.291 e. The summed E-state index contributed by atoms with van der Waals surface area (Å²) in [5.41, 5.74) is 1.21. The second-order valence-corrected chi connectivity index (χ2v) is 7.39. The van der Waals surface area contributed by atoms with Crippen molar-refractivity contribution in [1.82, 2.24) is 0 Å². The average molecular weight is 504 g/mol. The van der Waals surface area contributed by atoms with E-state index < -0.39 is 0 Å². The van der Waals surface area contributed by atoms with Gasteiger partial charge in [0.25, 0.3) is 11.8 Å². The van der Waals surface area contributed by atoms with E-state index in [0.717, 1.165) is 10.8 Å². The lowest BCUT2D eigenvalue weighted by Crippen LogP contribution is -2.12. The Morgan fingerprint density at radius 2 is 1.07 bits per heavy atom. The Bertz CT molecular complexity index is 1100. The van der Waals surface area contributed by atoms with Crippen molar-refractivity contribution in [3.63, 3.8) is 0 Å². The number of hydrogen-bond donors (Lipinski definition) is 2. The molecule has 2 amide bonds. The molecule has 6 nitrogen and oxygen atoms in total. The maximum absolute atomic E-state index is 12.4. The molecule has 0 aliphatic carbocycles. The first-order valence-electron chi connectivity index (χ1n) is 8.16. The molecule has 4 aromatic rings. The van der Waals surface area contributed by atoms with Gasteiger partial charge >= 0.3 is 0 Å². The van der Waals surface area contributed by atoms with Crippen LogP contribution in [0.4, 0.5) is 11.4 Å². The van der Waals surface area contributed by atoms with Crippen LogP contribution in [0.2, 0.25) is 0 Å². The van der Waals surface area contributed by atoms with E-state index in [4.69, 9.17) is 8.83 Å². The molecule has 0 spiro atoms. The van der Waals surface area contributed by atoms with Gasteiger partial charge in [-0.05, 0) is 68.3 Å². The van der Waals surface area contributed by atoms with E-state index in [1.807, 2.05) is 12.1 Å². The van der Waals surface area contributed by atoms with Crippen molar-refractivity contribution in [1.29, 1.82) is 0 Å². The molecule has 0 radical (unpaired) electrons. The second-order valence-electron chi connectivity index (χ2n) is 5.82. The molecule has 4 rings (SSSR count). The predicted octanol–water partition coefficient (Wildman–Crippen LogP) is 6.06. The molecule has 0 unspecified atom stereocenters. The molecule has 140 valence electrons. The van der Waals surface area contributed by atoms with Crippen molar-refractivity contribution >= 4 is 65.8 Å². The number of carbonyl (C=O) groups is 2. The van der Waals surface area contributed by atoms with Gasteiger partial charge in [0.2, 0.25) is 0 Å². The number of halogens is 2. The molecule has 2 aromatic heterocycles. The van der Waals surface area contributed by atoms with E-state index in [0.29, 0.717) is 20.7 Å². The largest absolute Gasteiger partial charge is 0.444 e. The molecular formula is C20H12Br2N2O4. The summed E-state index contributed by atoms with van der Waals surface area (Å²) in [6.45, 7) is 0.